The van der Waals surface area contributed by atoms with Crippen molar-refractivity contribution in [2.75, 3.05) is 12.8 Å². The molecule has 0 aliphatic carbocycles. The predicted octanol–water partition coefficient (Wildman–Crippen LogP) is 2.96. The molecule has 0 saturated carbocycles. The summed E-state index contributed by atoms with van der Waals surface area (Å²) < 4.78 is 5.29. The number of thiazole rings is 1. The number of hydrogen-bond acceptors (Lipinski definition) is 4. The van der Waals surface area contributed by atoms with Crippen LogP contribution in [0.2, 0.25) is 0 Å². The molecule has 0 spiro atoms. The van der Waals surface area contributed by atoms with Crippen LogP contribution in [0, 0.1) is 0 Å². The van der Waals surface area contributed by atoms with Gasteiger partial charge in [0.15, 0.2) is 0 Å². The summed E-state index contributed by atoms with van der Waals surface area (Å²) in [6.45, 7) is 2.11. The third-order valence-corrected chi connectivity index (χ3v) is 3.34. The van der Waals surface area contributed by atoms with Crippen LogP contribution >= 0.6 is 11.3 Å². The molecular weight excluding hydrogens is 220 g/mol. The Morgan fingerprint density at radius 2 is 2.25 bits per heavy atom. The van der Waals surface area contributed by atoms with Gasteiger partial charge in [0, 0.05) is 10.9 Å². The van der Waals surface area contributed by atoms with E-state index in [9.17, 15) is 0 Å². The topological polar surface area (TPSA) is 48.1 Å². The maximum absolute atomic E-state index is 5.62. The van der Waals surface area contributed by atoms with E-state index in [0.29, 0.717) is 5.82 Å². The van der Waals surface area contributed by atoms with Crippen LogP contribution in [-0.2, 0) is 6.42 Å². The van der Waals surface area contributed by atoms with E-state index in [2.05, 4.69) is 18.0 Å². The lowest BCUT2D eigenvalue weighted by Gasteiger charge is -2.07. The number of anilines is 1. The molecule has 0 radical (unpaired) electrons. The molecule has 1 heterocycles. The number of ether oxygens (including phenoxy) is 1. The first kappa shape index (κ1) is 11.0. The number of aryl methyl sites for hydroxylation is 1. The Balaban J connectivity index is 2.43. The third-order valence-electron chi connectivity index (χ3n) is 2.43. The lowest BCUT2D eigenvalue weighted by Crippen LogP contribution is -1.91. The Labute approximate surface area is 98.9 Å². The van der Waals surface area contributed by atoms with Crippen molar-refractivity contribution in [3.8, 4) is 16.3 Å². The van der Waals surface area contributed by atoms with Gasteiger partial charge in [0.05, 0.1) is 7.11 Å². The van der Waals surface area contributed by atoms with Gasteiger partial charge in [0.1, 0.15) is 16.6 Å². The number of benzene rings is 1. The Morgan fingerprint density at radius 3 is 2.81 bits per heavy atom. The molecule has 0 bridgehead atoms. The van der Waals surface area contributed by atoms with Crippen molar-refractivity contribution in [3.63, 3.8) is 0 Å². The van der Waals surface area contributed by atoms with Gasteiger partial charge in [-0.1, -0.05) is 6.92 Å². The van der Waals surface area contributed by atoms with Gasteiger partial charge in [0.2, 0.25) is 0 Å². The highest BCUT2D eigenvalue weighted by molar-refractivity contribution is 7.13. The zero-order valence-electron chi connectivity index (χ0n) is 9.36. The SMILES string of the molecule is CCc1cc(-c2nc(N)cs2)ccc1OC. The molecule has 0 aliphatic rings. The summed E-state index contributed by atoms with van der Waals surface area (Å²) in [7, 11) is 1.69. The number of nitrogen functional groups attached to an aromatic ring is 1. The van der Waals surface area contributed by atoms with Gasteiger partial charge in [-0.3, -0.25) is 0 Å². The molecule has 3 nitrogen and oxygen atoms in total. The van der Waals surface area contributed by atoms with Gasteiger partial charge in [-0.25, -0.2) is 4.98 Å². The van der Waals surface area contributed by atoms with E-state index in [1.54, 1.807) is 18.4 Å². The van der Waals surface area contributed by atoms with E-state index in [-0.39, 0.29) is 0 Å². The maximum atomic E-state index is 5.62. The van der Waals surface area contributed by atoms with Gasteiger partial charge < -0.3 is 10.5 Å². The molecule has 1 aromatic heterocycles. The van der Waals surface area contributed by atoms with E-state index < -0.39 is 0 Å². The first-order valence-electron chi connectivity index (χ1n) is 5.13. The number of methoxy groups -OCH3 is 1. The van der Waals surface area contributed by atoms with E-state index >= 15 is 0 Å². The van der Waals surface area contributed by atoms with E-state index in [4.69, 9.17) is 10.5 Å². The fourth-order valence-electron chi connectivity index (χ4n) is 1.61. The third kappa shape index (κ3) is 2.02. The molecule has 0 aliphatic heterocycles. The highest BCUT2D eigenvalue weighted by Crippen LogP contribution is 2.29. The van der Waals surface area contributed by atoms with Crippen LogP contribution in [0.3, 0.4) is 0 Å². The Bertz CT molecular complexity index is 494. The van der Waals surface area contributed by atoms with Crippen LogP contribution in [0.5, 0.6) is 5.75 Å². The van der Waals surface area contributed by atoms with Crippen LogP contribution in [0.1, 0.15) is 12.5 Å². The van der Waals surface area contributed by atoms with Gasteiger partial charge in [-0.15, -0.1) is 11.3 Å². The standard InChI is InChI=1S/C12H14N2OS/c1-3-8-6-9(4-5-10(8)15-2)12-14-11(13)7-16-12/h4-7H,3,13H2,1-2H3. The molecule has 0 unspecified atom stereocenters. The average molecular weight is 234 g/mol. The second kappa shape index (κ2) is 4.53. The minimum absolute atomic E-state index is 0.578. The molecule has 84 valence electrons. The molecule has 0 amide bonds. The van der Waals surface area contributed by atoms with Gasteiger partial charge in [-0.2, -0.15) is 0 Å². The fourth-order valence-corrected chi connectivity index (χ4v) is 2.31. The monoisotopic (exact) mass is 234 g/mol. The first-order chi connectivity index (χ1) is 7.74. The van der Waals surface area contributed by atoms with Crippen LogP contribution < -0.4 is 10.5 Å². The summed E-state index contributed by atoms with van der Waals surface area (Å²) in [5.41, 5.74) is 7.90. The molecule has 16 heavy (non-hydrogen) atoms. The van der Waals surface area contributed by atoms with E-state index in [1.165, 1.54) is 5.56 Å². The molecule has 2 aromatic rings. The molecule has 0 saturated heterocycles. The number of nitrogens with zero attached hydrogens (tertiary/aromatic N) is 1. The summed E-state index contributed by atoms with van der Waals surface area (Å²) in [5, 5.41) is 2.81. The van der Waals surface area contributed by atoms with Gasteiger partial charge >= 0.3 is 0 Å². The highest BCUT2D eigenvalue weighted by atomic mass is 32.1. The van der Waals surface area contributed by atoms with Crippen LogP contribution in [0.15, 0.2) is 23.6 Å². The van der Waals surface area contributed by atoms with Crippen molar-refractivity contribution in [1.29, 1.82) is 0 Å². The summed E-state index contributed by atoms with van der Waals surface area (Å²) >= 11 is 1.56. The molecule has 1 aromatic carbocycles. The molecule has 0 fully saturated rings. The Hall–Kier alpha value is -1.55. The van der Waals surface area contributed by atoms with Crippen LogP contribution in [0.25, 0.3) is 10.6 Å². The second-order valence-corrected chi connectivity index (χ2v) is 4.32. The van der Waals surface area contributed by atoms with Crippen LogP contribution in [-0.4, -0.2) is 12.1 Å². The lowest BCUT2D eigenvalue weighted by molar-refractivity contribution is 0.410. The number of hydrogen-bond donors (Lipinski definition) is 1. The zero-order valence-corrected chi connectivity index (χ0v) is 10.2. The minimum Gasteiger partial charge on any atom is -0.496 e. The van der Waals surface area contributed by atoms with Gasteiger partial charge in [0.25, 0.3) is 0 Å². The quantitative estimate of drug-likeness (QED) is 0.888. The molecule has 2 rings (SSSR count). The zero-order chi connectivity index (χ0) is 11.5. The molecule has 2 N–H and O–H groups in total. The Kier molecular flexibility index (Phi) is 3.10. The summed E-state index contributed by atoms with van der Waals surface area (Å²) in [6.07, 6.45) is 0.942. The van der Waals surface area contributed by atoms with Crippen molar-refractivity contribution in [1.82, 2.24) is 4.98 Å². The first-order valence-corrected chi connectivity index (χ1v) is 6.01. The van der Waals surface area contributed by atoms with Gasteiger partial charge in [-0.05, 0) is 30.2 Å². The number of nitrogens with two attached hydrogens (primary N) is 1. The fraction of sp³-hybridized carbons (Fsp3) is 0.250. The smallest absolute Gasteiger partial charge is 0.135 e. The maximum Gasteiger partial charge on any atom is 0.135 e. The van der Waals surface area contributed by atoms with Crippen molar-refractivity contribution in [2.24, 2.45) is 0 Å². The number of aromatic nitrogens is 1. The highest BCUT2D eigenvalue weighted by Gasteiger charge is 2.07. The average Bonchev–Trinajstić information content (AvgIpc) is 2.75. The summed E-state index contributed by atoms with van der Waals surface area (Å²) in [5.74, 6) is 1.50. The van der Waals surface area contributed by atoms with Crippen molar-refractivity contribution < 1.29 is 4.74 Å². The normalized spacial score (nSPS) is 10.4. The molecule has 0 atom stereocenters. The lowest BCUT2D eigenvalue weighted by atomic mass is 10.1. The Morgan fingerprint density at radius 1 is 1.44 bits per heavy atom. The van der Waals surface area contributed by atoms with E-state index in [1.807, 2.05) is 17.5 Å². The van der Waals surface area contributed by atoms with Crippen molar-refractivity contribution in [3.05, 3.63) is 29.1 Å². The second-order valence-electron chi connectivity index (χ2n) is 3.46. The molecular formula is C12H14N2OS. The largest absolute Gasteiger partial charge is 0.496 e. The van der Waals surface area contributed by atoms with Crippen molar-refractivity contribution in [2.45, 2.75) is 13.3 Å². The van der Waals surface area contributed by atoms with E-state index in [0.717, 1.165) is 22.7 Å². The molecule has 4 heteroatoms. The summed E-state index contributed by atoms with van der Waals surface area (Å²) in [4.78, 5) is 4.27. The minimum atomic E-state index is 0.578. The number of rotatable bonds is 3. The van der Waals surface area contributed by atoms with Crippen LogP contribution in [0.4, 0.5) is 5.82 Å². The predicted molar refractivity (Wildman–Crippen MR) is 67.9 cm³/mol. The summed E-state index contributed by atoms with van der Waals surface area (Å²) in [6, 6.07) is 6.10. The van der Waals surface area contributed by atoms with Crippen molar-refractivity contribution >= 4 is 17.2 Å².